The number of nitrogens with zero attached hydrogens (tertiary/aromatic N) is 3. The lowest BCUT2D eigenvalue weighted by Crippen LogP contribution is -2.32. The molecule has 4 aromatic rings. The third kappa shape index (κ3) is 3.89. The van der Waals surface area contributed by atoms with Crippen molar-refractivity contribution in [2.75, 3.05) is 25.6 Å². The van der Waals surface area contributed by atoms with Crippen molar-refractivity contribution in [3.63, 3.8) is 0 Å². The standard InChI is InChI=1S/C24H20F2N4O2S/c1-30(2)21-20-22(19(27-12-28-20)13-9-14(25)11-15(26)10-13)33-23(21)24(31)29-17-7-8-32-18-6-4-3-5-16(17)18/h3-6,9-12,17H,7-8H2,1-2H3,(H,29,31)/t17-/m0/s1. The van der Waals surface area contributed by atoms with Gasteiger partial charge in [-0.05, 0) is 18.2 Å². The zero-order chi connectivity index (χ0) is 23.1. The van der Waals surface area contributed by atoms with Gasteiger partial charge in [-0.15, -0.1) is 11.3 Å². The van der Waals surface area contributed by atoms with Gasteiger partial charge in [0.25, 0.3) is 5.91 Å². The van der Waals surface area contributed by atoms with Gasteiger partial charge in [0.15, 0.2) is 0 Å². The van der Waals surface area contributed by atoms with Crippen LogP contribution in [0.25, 0.3) is 21.5 Å². The maximum absolute atomic E-state index is 13.9. The van der Waals surface area contributed by atoms with Crippen molar-refractivity contribution in [3.05, 3.63) is 70.9 Å². The van der Waals surface area contributed by atoms with Crippen LogP contribution >= 0.6 is 11.3 Å². The van der Waals surface area contributed by atoms with E-state index in [1.165, 1.54) is 29.8 Å². The van der Waals surface area contributed by atoms with Crippen molar-refractivity contribution in [2.45, 2.75) is 12.5 Å². The average Bonchev–Trinajstić information content (AvgIpc) is 3.19. The predicted molar refractivity (Wildman–Crippen MR) is 124 cm³/mol. The molecule has 0 aliphatic carbocycles. The molecule has 2 aromatic heterocycles. The number of carbonyl (C=O) groups is 1. The highest BCUT2D eigenvalue weighted by Gasteiger charge is 2.28. The number of aromatic nitrogens is 2. The maximum atomic E-state index is 13.9. The fourth-order valence-electron chi connectivity index (χ4n) is 4.08. The molecule has 0 unspecified atom stereocenters. The molecule has 2 aromatic carbocycles. The number of anilines is 1. The lowest BCUT2D eigenvalue weighted by Gasteiger charge is -2.26. The van der Waals surface area contributed by atoms with E-state index in [9.17, 15) is 13.6 Å². The summed E-state index contributed by atoms with van der Waals surface area (Å²) in [5.41, 5.74) is 2.78. The second kappa shape index (κ2) is 8.40. The van der Waals surface area contributed by atoms with E-state index in [4.69, 9.17) is 4.74 Å². The van der Waals surface area contributed by atoms with Crippen LogP contribution < -0.4 is 15.0 Å². The van der Waals surface area contributed by atoms with Crippen LogP contribution in [0.1, 0.15) is 27.7 Å². The second-order valence-electron chi connectivity index (χ2n) is 7.93. The summed E-state index contributed by atoms with van der Waals surface area (Å²) in [6.45, 7) is 0.510. The summed E-state index contributed by atoms with van der Waals surface area (Å²) in [5, 5.41) is 3.12. The van der Waals surface area contributed by atoms with Gasteiger partial charge in [0.2, 0.25) is 0 Å². The van der Waals surface area contributed by atoms with Crippen LogP contribution in [0.5, 0.6) is 5.75 Å². The molecule has 1 amide bonds. The van der Waals surface area contributed by atoms with Crippen LogP contribution in [0.2, 0.25) is 0 Å². The highest BCUT2D eigenvalue weighted by Crippen LogP contribution is 2.41. The first kappa shape index (κ1) is 21.3. The van der Waals surface area contributed by atoms with Crippen LogP contribution in [-0.4, -0.2) is 36.6 Å². The Morgan fingerprint density at radius 2 is 1.91 bits per heavy atom. The highest BCUT2D eigenvalue weighted by atomic mass is 32.1. The van der Waals surface area contributed by atoms with Crippen molar-refractivity contribution in [3.8, 4) is 17.0 Å². The summed E-state index contributed by atoms with van der Waals surface area (Å²) >= 11 is 1.21. The molecule has 0 spiro atoms. The Morgan fingerprint density at radius 3 is 2.67 bits per heavy atom. The molecule has 33 heavy (non-hydrogen) atoms. The van der Waals surface area contributed by atoms with Crippen molar-refractivity contribution >= 4 is 33.1 Å². The number of rotatable bonds is 4. The normalized spacial score (nSPS) is 15.1. The van der Waals surface area contributed by atoms with Crippen LogP contribution in [-0.2, 0) is 0 Å². The van der Waals surface area contributed by atoms with E-state index >= 15 is 0 Å². The number of hydrogen-bond acceptors (Lipinski definition) is 6. The lowest BCUT2D eigenvalue weighted by atomic mass is 10.0. The van der Waals surface area contributed by atoms with E-state index in [-0.39, 0.29) is 17.5 Å². The quantitative estimate of drug-likeness (QED) is 0.461. The molecule has 1 aliphatic rings. The molecule has 3 heterocycles. The summed E-state index contributed by atoms with van der Waals surface area (Å²) in [4.78, 5) is 24.4. The molecule has 168 valence electrons. The minimum atomic E-state index is -0.697. The van der Waals surface area contributed by atoms with Gasteiger partial charge in [-0.3, -0.25) is 4.79 Å². The molecule has 0 fully saturated rings. The Bertz CT molecular complexity index is 1350. The number of fused-ring (bicyclic) bond motifs is 2. The number of thiophene rings is 1. The van der Waals surface area contributed by atoms with E-state index in [1.54, 1.807) is 0 Å². The van der Waals surface area contributed by atoms with Gasteiger partial charge < -0.3 is 15.0 Å². The first-order valence-electron chi connectivity index (χ1n) is 10.4. The summed E-state index contributed by atoms with van der Waals surface area (Å²) in [7, 11) is 3.65. The fourth-order valence-corrected chi connectivity index (χ4v) is 5.32. The van der Waals surface area contributed by atoms with Gasteiger partial charge >= 0.3 is 0 Å². The van der Waals surface area contributed by atoms with Gasteiger partial charge in [-0.1, -0.05) is 18.2 Å². The molecule has 6 nitrogen and oxygen atoms in total. The Balaban J connectivity index is 1.59. The van der Waals surface area contributed by atoms with E-state index in [0.29, 0.717) is 39.5 Å². The number of amides is 1. The number of nitrogens with one attached hydrogen (secondary N) is 1. The average molecular weight is 467 g/mol. The molecular weight excluding hydrogens is 446 g/mol. The van der Waals surface area contributed by atoms with Gasteiger partial charge in [-0.2, -0.15) is 0 Å². The SMILES string of the molecule is CN(C)c1c(C(=O)N[C@H]2CCOc3ccccc32)sc2c(-c3cc(F)cc(F)c3)ncnc12. The Morgan fingerprint density at radius 1 is 1.15 bits per heavy atom. The number of halogens is 2. The first-order chi connectivity index (χ1) is 15.9. The number of benzene rings is 2. The van der Waals surface area contributed by atoms with E-state index < -0.39 is 11.6 Å². The third-order valence-electron chi connectivity index (χ3n) is 5.50. The van der Waals surface area contributed by atoms with Gasteiger partial charge in [0.1, 0.15) is 34.1 Å². The lowest BCUT2D eigenvalue weighted by molar-refractivity contribution is 0.0929. The van der Waals surface area contributed by atoms with E-state index in [2.05, 4.69) is 15.3 Å². The monoisotopic (exact) mass is 466 g/mol. The topological polar surface area (TPSA) is 67.4 Å². The van der Waals surface area contributed by atoms with Crippen LogP contribution in [0, 0.1) is 11.6 Å². The minimum absolute atomic E-state index is 0.189. The predicted octanol–water partition coefficient (Wildman–Crippen LogP) is 4.96. The highest BCUT2D eigenvalue weighted by molar-refractivity contribution is 7.22. The Hall–Kier alpha value is -3.59. The van der Waals surface area contributed by atoms with Gasteiger partial charge in [0.05, 0.1) is 28.7 Å². The fraction of sp³-hybridized carbons (Fsp3) is 0.208. The number of carbonyl (C=O) groups excluding carboxylic acids is 1. The smallest absolute Gasteiger partial charge is 0.264 e. The molecule has 0 saturated carbocycles. The van der Waals surface area contributed by atoms with Crippen molar-refractivity contribution < 1.29 is 18.3 Å². The molecule has 0 radical (unpaired) electrons. The molecule has 9 heteroatoms. The van der Waals surface area contributed by atoms with Crippen molar-refractivity contribution in [2.24, 2.45) is 0 Å². The molecule has 5 rings (SSSR count). The molecule has 1 N–H and O–H groups in total. The van der Waals surface area contributed by atoms with Crippen LogP contribution in [0.15, 0.2) is 48.8 Å². The van der Waals surface area contributed by atoms with Gasteiger partial charge in [-0.25, -0.2) is 18.7 Å². The molecule has 1 atom stereocenters. The minimum Gasteiger partial charge on any atom is -0.493 e. The molecule has 0 saturated heterocycles. The Labute approximate surface area is 192 Å². The van der Waals surface area contributed by atoms with E-state index in [1.807, 2.05) is 43.3 Å². The molecular formula is C24H20F2N4O2S. The summed E-state index contributed by atoms with van der Waals surface area (Å²) in [6.07, 6.45) is 2.00. The van der Waals surface area contributed by atoms with Crippen LogP contribution in [0.3, 0.4) is 0 Å². The largest absolute Gasteiger partial charge is 0.493 e. The van der Waals surface area contributed by atoms with Gasteiger partial charge in [0, 0.05) is 37.7 Å². The Kier molecular flexibility index (Phi) is 5.41. The number of ether oxygens (including phenoxy) is 1. The summed E-state index contributed by atoms with van der Waals surface area (Å²) < 4.78 is 34.0. The van der Waals surface area contributed by atoms with Crippen LogP contribution in [0.4, 0.5) is 14.5 Å². The summed E-state index contributed by atoms with van der Waals surface area (Å²) in [5.74, 6) is -0.881. The zero-order valence-electron chi connectivity index (χ0n) is 17.9. The second-order valence-corrected chi connectivity index (χ2v) is 8.95. The molecule has 1 aliphatic heterocycles. The van der Waals surface area contributed by atoms with Crippen molar-refractivity contribution in [1.29, 1.82) is 0 Å². The third-order valence-corrected chi connectivity index (χ3v) is 6.67. The first-order valence-corrected chi connectivity index (χ1v) is 11.2. The number of hydrogen-bond donors (Lipinski definition) is 1. The maximum Gasteiger partial charge on any atom is 0.264 e. The van der Waals surface area contributed by atoms with Crippen molar-refractivity contribution in [1.82, 2.24) is 15.3 Å². The molecule has 0 bridgehead atoms. The summed E-state index contributed by atoms with van der Waals surface area (Å²) in [6, 6.07) is 10.7. The van der Waals surface area contributed by atoms with E-state index in [0.717, 1.165) is 17.4 Å². The zero-order valence-corrected chi connectivity index (χ0v) is 18.7. The number of para-hydroxylation sites is 1.